The lowest BCUT2D eigenvalue weighted by atomic mass is 9.96. The lowest BCUT2D eigenvalue weighted by Crippen LogP contribution is -2.38. The van der Waals surface area contributed by atoms with Crippen molar-refractivity contribution in [2.24, 2.45) is 0 Å². The van der Waals surface area contributed by atoms with Gasteiger partial charge in [0.1, 0.15) is 17.6 Å². The van der Waals surface area contributed by atoms with Gasteiger partial charge in [-0.2, -0.15) is 0 Å². The molecule has 0 radical (unpaired) electrons. The van der Waals surface area contributed by atoms with E-state index in [1.165, 1.54) is 0 Å². The number of likely N-dealkylation sites (tertiary alicyclic amines) is 1. The van der Waals surface area contributed by atoms with E-state index in [1.54, 1.807) is 11.1 Å². The molecule has 7 nitrogen and oxygen atoms in total. The molecule has 1 aliphatic rings. The van der Waals surface area contributed by atoms with Gasteiger partial charge >= 0.3 is 6.09 Å². The van der Waals surface area contributed by atoms with Gasteiger partial charge in [0, 0.05) is 36.5 Å². The number of aryl methyl sites for hydroxylation is 1. The first-order chi connectivity index (χ1) is 17.1. The number of nitrogens with zero attached hydrogens (tertiary/aromatic N) is 4. The molecule has 1 saturated heterocycles. The Hall–Kier alpha value is -3.71. The summed E-state index contributed by atoms with van der Waals surface area (Å²) >= 11 is 6.17. The van der Waals surface area contributed by atoms with Gasteiger partial charge in [0.05, 0.1) is 17.1 Å². The summed E-state index contributed by atoms with van der Waals surface area (Å²) < 4.78 is 5.51. The average Bonchev–Trinajstić information content (AvgIpc) is 3.34. The lowest BCUT2D eigenvalue weighted by Gasteiger charge is -2.30. The lowest BCUT2D eigenvalue weighted by molar-refractivity contribution is 0.0866. The normalized spacial score (nSPS) is 14.2. The Morgan fingerprint density at radius 2 is 1.89 bits per heavy atom. The van der Waals surface area contributed by atoms with Crippen molar-refractivity contribution in [3.05, 3.63) is 89.1 Å². The number of H-pyrrole nitrogens is 1. The molecule has 0 saturated carbocycles. The van der Waals surface area contributed by atoms with Crippen molar-refractivity contribution in [1.82, 2.24) is 24.8 Å². The highest BCUT2D eigenvalue weighted by molar-refractivity contribution is 6.29. The number of amides is 1. The van der Waals surface area contributed by atoms with E-state index < -0.39 is 0 Å². The maximum absolute atomic E-state index is 12.6. The highest BCUT2D eigenvalue weighted by Gasteiger charge is 2.28. The zero-order valence-electron chi connectivity index (χ0n) is 19.4. The molecule has 0 bridgehead atoms. The third-order valence-electron chi connectivity index (χ3n) is 6.21. The molecule has 5 rings (SSSR count). The Morgan fingerprint density at radius 3 is 2.63 bits per heavy atom. The number of ether oxygens (including phenoxy) is 1. The molecule has 1 aliphatic heterocycles. The highest BCUT2D eigenvalue weighted by atomic mass is 35.5. The van der Waals surface area contributed by atoms with Gasteiger partial charge in [-0.3, -0.25) is 4.98 Å². The number of rotatable bonds is 5. The van der Waals surface area contributed by atoms with E-state index in [2.05, 4.69) is 9.97 Å². The number of nitrogens with one attached hydrogen (secondary N) is 1. The fourth-order valence-electron chi connectivity index (χ4n) is 4.36. The molecule has 0 spiro atoms. The van der Waals surface area contributed by atoms with Gasteiger partial charge in [-0.05, 0) is 49.6 Å². The molecule has 0 unspecified atom stereocenters. The molecule has 3 aromatic heterocycles. The summed E-state index contributed by atoms with van der Waals surface area (Å²) in [6.45, 7) is 3.49. The van der Waals surface area contributed by atoms with Crippen LogP contribution in [0.1, 0.15) is 35.8 Å². The van der Waals surface area contributed by atoms with Crippen molar-refractivity contribution < 1.29 is 9.53 Å². The number of piperidine rings is 1. The largest absolute Gasteiger partial charge is 0.445 e. The van der Waals surface area contributed by atoms with Crippen LogP contribution in [0.5, 0.6) is 0 Å². The Labute approximate surface area is 209 Å². The van der Waals surface area contributed by atoms with Crippen molar-refractivity contribution in [3.63, 3.8) is 0 Å². The van der Waals surface area contributed by atoms with Crippen LogP contribution in [0.15, 0.2) is 66.9 Å². The Kier molecular flexibility index (Phi) is 6.77. The number of benzene rings is 1. The second-order valence-electron chi connectivity index (χ2n) is 8.68. The van der Waals surface area contributed by atoms with Gasteiger partial charge < -0.3 is 14.6 Å². The zero-order valence-corrected chi connectivity index (χ0v) is 20.2. The van der Waals surface area contributed by atoms with Crippen molar-refractivity contribution in [1.29, 1.82) is 0 Å². The minimum absolute atomic E-state index is 0.197. The highest BCUT2D eigenvalue weighted by Crippen LogP contribution is 2.34. The second kappa shape index (κ2) is 10.3. The molecule has 8 heteroatoms. The van der Waals surface area contributed by atoms with Gasteiger partial charge in [0.15, 0.2) is 0 Å². The molecule has 4 heterocycles. The minimum Gasteiger partial charge on any atom is -0.445 e. The smallest absolute Gasteiger partial charge is 0.410 e. The number of pyridine rings is 2. The van der Waals surface area contributed by atoms with Crippen molar-refractivity contribution in [3.8, 4) is 22.6 Å². The van der Waals surface area contributed by atoms with Crippen LogP contribution in [0.4, 0.5) is 4.79 Å². The topological polar surface area (TPSA) is 84.0 Å². The summed E-state index contributed by atoms with van der Waals surface area (Å²) in [5.41, 5.74) is 5.27. The first kappa shape index (κ1) is 23.1. The third kappa shape index (κ3) is 5.35. The molecule has 1 fully saturated rings. The van der Waals surface area contributed by atoms with Crippen molar-refractivity contribution in [2.75, 3.05) is 13.1 Å². The number of carbonyl (C=O) groups excluding carboxylic acids is 1. The monoisotopic (exact) mass is 487 g/mol. The van der Waals surface area contributed by atoms with Crippen LogP contribution in [-0.2, 0) is 11.3 Å². The van der Waals surface area contributed by atoms with Crippen LogP contribution < -0.4 is 0 Å². The first-order valence-corrected chi connectivity index (χ1v) is 12.1. The number of aromatic nitrogens is 4. The van der Waals surface area contributed by atoms with Crippen molar-refractivity contribution in [2.45, 2.75) is 32.3 Å². The standard InChI is InChI=1S/C27H26ClN5O2/c1-18-6-5-9-22(30-18)25-24(21-10-13-29-23(28)16-21)31-26(32-25)20-11-14-33(15-12-20)27(34)35-17-19-7-3-2-4-8-19/h2-10,13,16,20H,11-12,14-15,17H2,1H3,(H,31,32). The van der Waals surface area contributed by atoms with E-state index in [0.29, 0.717) is 18.2 Å². The quantitative estimate of drug-likeness (QED) is 0.348. The third-order valence-corrected chi connectivity index (χ3v) is 6.42. The second-order valence-corrected chi connectivity index (χ2v) is 9.07. The molecule has 1 amide bonds. The maximum atomic E-state index is 12.6. The number of hydrogen-bond acceptors (Lipinski definition) is 5. The van der Waals surface area contributed by atoms with Crippen LogP contribution in [-0.4, -0.2) is 44.0 Å². The summed E-state index contributed by atoms with van der Waals surface area (Å²) in [5, 5.41) is 0.414. The number of hydrogen-bond donors (Lipinski definition) is 1. The predicted molar refractivity (Wildman–Crippen MR) is 135 cm³/mol. The van der Waals surface area contributed by atoms with Gasteiger partial charge in [0.25, 0.3) is 0 Å². The van der Waals surface area contributed by atoms with E-state index >= 15 is 0 Å². The Bertz CT molecular complexity index is 1250. The van der Waals surface area contributed by atoms with Crippen molar-refractivity contribution >= 4 is 17.7 Å². The van der Waals surface area contributed by atoms with E-state index in [1.807, 2.05) is 67.6 Å². The number of aromatic amines is 1. The fourth-order valence-corrected chi connectivity index (χ4v) is 4.53. The van der Waals surface area contributed by atoms with Crippen LogP contribution in [0.25, 0.3) is 22.6 Å². The summed E-state index contributed by atoms with van der Waals surface area (Å²) in [7, 11) is 0. The van der Waals surface area contributed by atoms with Gasteiger partial charge in [-0.25, -0.2) is 14.8 Å². The maximum Gasteiger partial charge on any atom is 0.410 e. The Balaban J connectivity index is 1.32. The van der Waals surface area contributed by atoms with Crippen LogP contribution >= 0.6 is 11.6 Å². The molecule has 0 atom stereocenters. The van der Waals surface area contributed by atoms with Gasteiger partial charge in [-0.1, -0.05) is 48.0 Å². The Morgan fingerprint density at radius 1 is 1.09 bits per heavy atom. The van der Waals surface area contributed by atoms with E-state index in [-0.39, 0.29) is 18.6 Å². The summed E-state index contributed by atoms with van der Waals surface area (Å²) in [6, 6.07) is 19.4. The number of imidazole rings is 1. The van der Waals surface area contributed by atoms with E-state index in [0.717, 1.165) is 52.6 Å². The molecule has 1 aromatic carbocycles. The van der Waals surface area contributed by atoms with Gasteiger partial charge in [-0.15, -0.1) is 0 Å². The molecule has 1 N–H and O–H groups in total. The van der Waals surface area contributed by atoms with Crippen LogP contribution in [0.3, 0.4) is 0 Å². The number of carbonyl (C=O) groups is 1. The van der Waals surface area contributed by atoms with E-state index in [4.69, 9.17) is 26.3 Å². The number of halogens is 1. The predicted octanol–water partition coefficient (Wildman–Crippen LogP) is 6.01. The summed E-state index contributed by atoms with van der Waals surface area (Å²) in [5.74, 6) is 1.09. The molecular formula is C27H26ClN5O2. The first-order valence-electron chi connectivity index (χ1n) is 11.7. The molecule has 35 heavy (non-hydrogen) atoms. The molecule has 178 valence electrons. The SMILES string of the molecule is Cc1cccc(-c2[nH]c(C3CCN(C(=O)OCc4ccccc4)CC3)nc2-c2ccnc(Cl)c2)n1. The van der Waals surface area contributed by atoms with Crippen LogP contribution in [0.2, 0.25) is 5.15 Å². The average molecular weight is 488 g/mol. The van der Waals surface area contributed by atoms with Gasteiger partial charge in [0.2, 0.25) is 0 Å². The zero-order chi connectivity index (χ0) is 24.2. The van der Waals surface area contributed by atoms with Crippen LogP contribution in [0, 0.1) is 6.92 Å². The minimum atomic E-state index is -0.275. The summed E-state index contributed by atoms with van der Waals surface area (Å²) in [4.78, 5) is 31.6. The molecular weight excluding hydrogens is 462 g/mol. The fraction of sp³-hybridized carbons (Fsp3) is 0.259. The van der Waals surface area contributed by atoms with E-state index in [9.17, 15) is 4.79 Å². The summed E-state index contributed by atoms with van der Waals surface area (Å²) in [6.07, 6.45) is 3.00. The molecule has 0 aliphatic carbocycles. The molecule has 4 aromatic rings.